The van der Waals surface area contributed by atoms with Crippen LogP contribution in [0.25, 0.3) is 0 Å². The Labute approximate surface area is 208 Å². The standard InChI is InChI=1S/C26H32O8S/c1-4-8-18-23(29)24(16(3)28)35-26(18)33-12-7-5-6-11-32-22-14-21-17(13-19(22)15(2)27)9-10-20(34-21)25(30)31/h13-14,20,29H,4-12H2,1-3H3,(H,30,31). The van der Waals surface area contributed by atoms with Crippen molar-refractivity contribution in [1.29, 1.82) is 0 Å². The molecule has 2 aromatic rings. The Morgan fingerprint density at radius 1 is 1.09 bits per heavy atom. The molecule has 0 radical (unpaired) electrons. The summed E-state index contributed by atoms with van der Waals surface area (Å²) in [6.07, 6.45) is 3.79. The smallest absolute Gasteiger partial charge is 0.344 e. The minimum absolute atomic E-state index is 0.0396. The highest BCUT2D eigenvalue weighted by molar-refractivity contribution is 7.16. The molecule has 1 atom stereocenters. The summed E-state index contributed by atoms with van der Waals surface area (Å²) in [7, 11) is 0. The summed E-state index contributed by atoms with van der Waals surface area (Å²) in [4.78, 5) is 35.4. The van der Waals surface area contributed by atoms with Gasteiger partial charge in [-0.05, 0) is 57.1 Å². The van der Waals surface area contributed by atoms with E-state index in [-0.39, 0.29) is 17.3 Å². The first kappa shape index (κ1) is 26.5. The molecule has 2 heterocycles. The van der Waals surface area contributed by atoms with Gasteiger partial charge in [-0.2, -0.15) is 0 Å². The monoisotopic (exact) mass is 504 g/mol. The van der Waals surface area contributed by atoms with Crippen molar-refractivity contribution in [3.63, 3.8) is 0 Å². The van der Waals surface area contributed by atoms with Gasteiger partial charge in [-0.1, -0.05) is 24.7 Å². The fraction of sp³-hybridized carbons (Fsp3) is 0.500. The molecule has 0 aliphatic carbocycles. The quantitative estimate of drug-likeness (QED) is 0.282. The predicted octanol–water partition coefficient (Wildman–Crippen LogP) is 5.22. The second-order valence-electron chi connectivity index (χ2n) is 8.61. The first-order valence-electron chi connectivity index (χ1n) is 11.9. The van der Waals surface area contributed by atoms with Crippen LogP contribution in [0.1, 0.15) is 84.0 Å². The number of aliphatic carboxylic acids is 1. The summed E-state index contributed by atoms with van der Waals surface area (Å²) in [5.74, 6) is -0.417. The van der Waals surface area contributed by atoms with Crippen molar-refractivity contribution in [2.75, 3.05) is 13.2 Å². The van der Waals surface area contributed by atoms with E-state index in [0.29, 0.717) is 65.0 Å². The molecule has 1 aliphatic rings. The molecule has 8 nitrogen and oxygen atoms in total. The fourth-order valence-corrected chi connectivity index (χ4v) is 4.98. The molecule has 0 spiro atoms. The van der Waals surface area contributed by atoms with Gasteiger partial charge < -0.3 is 24.4 Å². The van der Waals surface area contributed by atoms with Crippen molar-refractivity contribution >= 4 is 28.9 Å². The molecular formula is C26H32O8S. The van der Waals surface area contributed by atoms with Crippen LogP contribution >= 0.6 is 11.3 Å². The minimum atomic E-state index is -1.01. The Morgan fingerprint density at radius 2 is 1.80 bits per heavy atom. The lowest BCUT2D eigenvalue weighted by molar-refractivity contribution is -0.145. The Balaban J connectivity index is 1.50. The molecule has 1 aromatic carbocycles. The lowest BCUT2D eigenvalue weighted by Gasteiger charge is -2.24. The highest BCUT2D eigenvalue weighted by Gasteiger charge is 2.27. The first-order valence-corrected chi connectivity index (χ1v) is 12.7. The number of rotatable bonds is 13. The Kier molecular flexibility index (Phi) is 9.14. The zero-order valence-corrected chi connectivity index (χ0v) is 21.2. The van der Waals surface area contributed by atoms with Gasteiger partial charge in [0.25, 0.3) is 0 Å². The van der Waals surface area contributed by atoms with E-state index in [1.165, 1.54) is 25.2 Å². The Bertz CT molecular complexity index is 1090. The molecule has 2 N–H and O–H groups in total. The highest BCUT2D eigenvalue weighted by atomic mass is 32.1. The van der Waals surface area contributed by atoms with Crippen LogP contribution in [0.2, 0.25) is 0 Å². The third-order valence-corrected chi connectivity index (χ3v) is 7.04. The van der Waals surface area contributed by atoms with Crippen molar-refractivity contribution in [1.82, 2.24) is 0 Å². The van der Waals surface area contributed by atoms with E-state index in [1.807, 2.05) is 6.92 Å². The van der Waals surface area contributed by atoms with Gasteiger partial charge in [0, 0.05) is 18.6 Å². The number of thiophene rings is 1. The van der Waals surface area contributed by atoms with Crippen LogP contribution in [-0.2, 0) is 17.6 Å². The number of hydrogen-bond acceptors (Lipinski definition) is 8. The van der Waals surface area contributed by atoms with Crippen molar-refractivity contribution in [3.05, 3.63) is 33.7 Å². The number of ketones is 2. The van der Waals surface area contributed by atoms with Crippen molar-refractivity contribution in [2.45, 2.75) is 71.8 Å². The number of benzene rings is 1. The molecule has 3 rings (SSSR count). The molecule has 35 heavy (non-hydrogen) atoms. The zero-order chi connectivity index (χ0) is 25.5. The maximum absolute atomic E-state index is 12.1. The van der Waals surface area contributed by atoms with E-state index < -0.39 is 12.1 Å². The Hall–Kier alpha value is -3.07. The molecule has 1 unspecified atom stereocenters. The summed E-state index contributed by atoms with van der Waals surface area (Å²) in [5, 5.41) is 20.1. The van der Waals surface area contributed by atoms with E-state index in [1.54, 1.807) is 12.1 Å². The second-order valence-corrected chi connectivity index (χ2v) is 9.59. The topological polar surface area (TPSA) is 119 Å². The maximum atomic E-state index is 12.1. The fourth-order valence-electron chi connectivity index (χ4n) is 3.97. The second kappa shape index (κ2) is 12.1. The molecule has 0 saturated heterocycles. The largest absolute Gasteiger partial charge is 0.506 e. The number of hydrogen-bond donors (Lipinski definition) is 2. The summed E-state index contributed by atoms with van der Waals surface area (Å²) in [6.45, 7) is 5.75. The average Bonchev–Trinajstić information content (AvgIpc) is 3.13. The number of carbonyl (C=O) groups excluding carboxylic acids is 2. The molecule has 0 fully saturated rings. The number of aromatic hydroxyl groups is 1. The molecule has 1 aromatic heterocycles. The number of ether oxygens (including phenoxy) is 3. The number of fused-ring (bicyclic) bond motifs is 1. The van der Waals surface area contributed by atoms with Gasteiger partial charge in [0.2, 0.25) is 0 Å². The van der Waals surface area contributed by atoms with Crippen LogP contribution < -0.4 is 14.2 Å². The summed E-state index contributed by atoms with van der Waals surface area (Å²) in [6, 6.07) is 3.36. The number of Topliss-reactive ketones (excluding diaryl/α,β-unsaturated/α-hetero) is 2. The van der Waals surface area contributed by atoms with Gasteiger partial charge in [-0.3, -0.25) is 9.59 Å². The summed E-state index contributed by atoms with van der Waals surface area (Å²) >= 11 is 1.19. The number of carboxylic acids is 1. The molecule has 1 aliphatic heterocycles. The number of carboxylic acid groups (broad SMARTS) is 1. The van der Waals surface area contributed by atoms with Crippen LogP contribution in [0, 0.1) is 0 Å². The van der Waals surface area contributed by atoms with Crippen LogP contribution in [0.15, 0.2) is 12.1 Å². The minimum Gasteiger partial charge on any atom is -0.506 e. The third kappa shape index (κ3) is 6.54. The lowest BCUT2D eigenvalue weighted by atomic mass is 9.98. The van der Waals surface area contributed by atoms with E-state index in [4.69, 9.17) is 14.2 Å². The van der Waals surface area contributed by atoms with Crippen molar-refractivity contribution < 1.29 is 38.8 Å². The van der Waals surface area contributed by atoms with E-state index in [0.717, 1.165) is 31.2 Å². The number of aryl methyl sites for hydroxylation is 1. The van der Waals surface area contributed by atoms with Gasteiger partial charge in [0.15, 0.2) is 22.7 Å². The first-order chi connectivity index (χ1) is 16.7. The maximum Gasteiger partial charge on any atom is 0.344 e. The third-order valence-electron chi connectivity index (χ3n) is 5.80. The summed E-state index contributed by atoms with van der Waals surface area (Å²) in [5.41, 5.74) is 1.97. The Morgan fingerprint density at radius 3 is 2.43 bits per heavy atom. The van der Waals surface area contributed by atoms with Gasteiger partial charge in [0.05, 0.1) is 18.8 Å². The van der Waals surface area contributed by atoms with E-state index in [9.17, 15) is 24.6 Å². The molecule has 0 amide bonds. The molecule has 190 valence electrons. The van der Waals surface area contributed by atoms with Gasteiger partial charge in [-0.15, -0.1) is 0 Å². The number of carbonyl (C=O) groups is 3. The zero-order valence-electron chi connectivity index (χ0n) is 20.3. The lowest BCUT2D eigenvalue weighted by Crippen LogP contribution is -2.31. The van der Waals surface area contributed by atoms with Gasteiger partial charge in [-0.25, -0.2) is 4.79 Å². The summed E-state index contributed by atoms with van der Waals surface area (Å²) < 4.78 is 17.3. The van der Waals surface area contributed by atoms with Crippen molar-refractivity contribution in [3.8, 4) is 22.3 Å². The molecule has 9 heteroatoms. The number of unbranched alkanes of at least 4 members (excludes halogenated alkanes) is 2. The van der Waals surface area contributed by atoms with Crippen LogP contribution in [0.4, 0.5) is 0 Å². The molecular weight excluding hydrogens is 472 g/mol. The normalized spacial score (nSPS) is 14.7. The molecule has 0 saturated carbocycles. The van der Waals surface area contributed by atoms with Crippen LogP contribution in [0.5, 0.6) is 22.3 Å². The predicted molar refractivity (Wildman–Crippen MR) is 132 cm³/mol. The SMILES string of the molecule is CCCc1c(OCCCCCOc2cc3c(cc2C(C)=O)CCC(C(=O)O)O3)sc(C(C)=O)c1O. The average molecular weight is 505 g/mol. The van der Waals surface area contributed by atoms with Gasteiger partial charge >= 0.3 is 5.97 Å². The highest BCUT2D eigenvalue weighted by Crippen LogP contribution is 2.41. The van der Waals surface area contributed by atoms with Crippen LogP contribution in [0.3, 0.4) is 0 Å². The molecule has 0 bridgehead atoms. The van der Waals surface area contributed by atoms with E-state index in [2.05, 4.69) is 0 Å². The van der Waals surface area contributed by atoms with Crippen molar-refractivity contribution in [2.24, 2.45) is 0 Å². The van der Waals surface area contributed by atoms with E-state index >= 15 is 0 Å². The van der Waals surface area contributed by atoms with Gasteiger partial charge in [0.1, 0.15) is 22.1 Å². The van der Waals surface area contributed by atoms with Crippen LogP contribution in [-0.4, -0.2) is 47.1 Å².